The minimum Gasteiger partial charge on any atom is -0.255 e. The highest BCUT2D eigenvalue weighted by atomic mass is 32.3. The summed E-state index contributed by atoms with van der Waals surface area (Å²) >= 11 is 0. The average Bonchev–Trinajstić information content (AvgIpc) is 2.66. The van der Waals surface area contributed by atoms with Crippen molar-refractivity contribution in [2.45, 2.75) is 41.0 Å². The van der Waals surface area contributed by atoms with Crippen LogP contribution in [0.4, 0.5) is 13.2 Å². The van der Waals surface area contributed by atoms with Crippen molar-refractivity contribution < 1.29 is 25.2 Å². The molecule has 0 bridgehead atoms. The average molecular weight is 456 g/mol. The molecule has 3 aromatic carbocycles. The molecule has 30 heavy (non-hydrogen) atoms. The Kier molecular flexibility index (Phi) is 6.04. The van der Waals surface area contributed by atoms with E-state index in [0.29, 0.717) is 25.8 Å². The molecular weight excluding hydrogens is 433 g/mol. The van der Waals surface area contributed by atoms with Gasteiger partial charge in [0.2, 0.25) is 0 Å². The first kappa shape index (κ1) is 22.4. The van der Waals surface area contributed by atoms with E-state index >= 15 is 0 Å². The molecule has 1 N–H and O–H groups in total. The lowest BCUT2D eigenvalue weighted by molar-refractivity contribution is -0.0540. The van der Waals surface area contributed by atoms with Crippen molar-refractivity contribution in [3.63, 3.8) is 0 Å². The van der Waals surface area contributed by atoms with Gasteiger partial charge in [0.05, 0.1) is 25.0 Å². The molecule has 0 amide bonds. The highest BCUT2D eigenvalue weighted by molar-refractivity contribution is 8.32. The summed E-state index contributed by atoms with van der Waals surface area (Å²) in [6.07, 6.45) is 0. The molecule has 8 heteroatoms. The molecule has 0 atom stereocenters. The summed E-state index contributed by atoms with van der Waals surface area (Å²) in [6.45, 7) is 5.44. The molecular formula is C22H22F3O3S2+. The van der Waals surface area contributed by atoms with Gasteiger partial charge >= 0.3 is 15.6 Å². The molecule has 160 valence electrons. The lowest BCUT2D eigenvalue weighted by Gasteiger charge is -2.37. The van der Waals surface area contributed by atoms with Crippen molar-refractivity contribution in [1.82, 2.24) is 0 Å². The van der Waals surface area contributed by atoms with E-state index in [0.717, 1.165) is 5.56 Å². The van der Waals surface area contributed by atoms with Gasteiger partial charge in [-0.05, 0) is 56.2 Å². The Morgan fingerprint density at radius 3 is 1.50 bits per heavy atom. The van der Waals surface area contributed by atoms with Crippen LogP contribution in [0.25, 0.3) is 0 Å². The van der Waals surface area contributed by atoms with Gasteiger partial charge in [-0.2, -0.15) is 13.2 Å². The van der Waals surface area contributed by atoms with Gasteiger partial charge < -0.3 is 0 Å². The molecule has 0 spiro atoms. The topological polar surface area (TPSA) is 46.9 Å². The second-order valence-electron chi connectivity index (χ2n) is 6.93. The minimum absolute atomic E-state index is 0.416. The molecule has 3 aromatic rings. The van der Waals surface area contributed by atoms with Crippen LogP contribution in [0, 0.1) is 20.8 Å². The molecule has 0 fully saturated rings. The largest absolute Gasteiger partial charge is 0.572 e. The number of benzene rings is 3. The van der Waals surface area contributed by atoms with Crippen molar-refractivity contribution in [3.8, 4) is 0 Å². The fourth-order valence-electron chi connectivity index (χ4n) is 3.55. The third-order valence-corrected chi connectivity index (χ3v) is 9.98. The normalized spacial score (nSPS) is 13.3. The van der Waals surface area contributed by atoms with Gasteiger partial charge in [-0.3, -0.25) is 3.63 Å². The highest BCUT2D eigenvalue weighted by Crippen LogP contribution is 2.70. The maximum atomic E-state index is 13.5. The van der Waals surface area contributed by atoms with Crippen LogP contribution >= 0.6 is 10.3 Å². The Labute approximate surface area is 176 Å². The molecule has 0 heterocycles. The summed E-state index contributed by atoms with van der Waals surface area (Å²) in [5, 5.41) is 0. The monoisotopic (exact) mass is 455 g/mol. The molecule has 3 rings (SSSR count). The van der Waals surface area contributed by atoms with E-state index in [2.05, 4.69) is 3.63 Å². The van der Waals surface area contributed by atoms with E-state index in [1.165, 1.54) is 0 Å². The van der Waals surface area contributed by atoms with Gasteiger partial charge in [0.25, 0.3) is 0 Å². The van der Waals surface area contributed by atoms with E-state index in [1.54, 1.807) is 74.5 Å². The van der Waals surface area contributed by atoms with E-state index in [9.17, 15) is 21.6 Å². The minimum atomic E-state index is -5.78. The number of aryl methyl sites for hydroxylation is 3. The zero-order chi connectivity index (χ0) is 22.2. The Morgan fingerprint density at radius 1 is 0.733 bits per heavy atom. The molecule has 0 aliphatic rings. The summed E-state index contributed by atoms with van der Waals surface area (Å²) in [6, 6.07) is 20.4. The zero-order valence-electron chi connectivity index (χ0n) is 16.6. The molecule has 0 unspecified atom stereocenters. The number of alkyl halides is 3. The van der Waals surface area contributed by atoms with Crippen LogP contribution < -0.4 is 0 Å². The van der Waals surface area contributed by atoms with E-state index < -0.39 is 25.9 Å². The number of hydrogen-bond donors (Lipinski definition) is 0. The van der Waals surface area contributed by atoms with Gasteiger partial charge in [-0.1, -0.05) is 54.1 Å². The quantitative estimate of drug-likeness (QED) is 0.243. The van der Waals surface area contributed by atoms with Crippen LogP contribution in [-0.4, -0.2) is 17.6 Å². The number of halogens is 3. The Hall–Kier alpha value is -2.29. The summed E-state index contributed by atoms with van der Waals surface area (Å²) in [5.41, 5.74) is -3.18. The maximum absolute atomic E-state index is 13.5. The summed E-state index contributed by atoms with van der Waals surface area (Å²) in [4.78, 5) is 1.33. The van der Waals surface area contributed by atoms with Crippen molar-refractivity contribution in [3.05, 3.63) is 89.5 Å². The molecule has 0 radical (unpaired) electrons. The fourth-order valence-corrected chi connectivity index (χ4v) is 8.95. The van der Waals surface area contributed by atoms with Crippen molar-refractivity contribution in [1.29, 1.82) is 0 Å². The summed E-state index contributed by atoms with van der Waals surface area (Å²) in [7, 11) is -8.92. The second-order valence-corrected chi connectivity index (χ2v) is 11.4. The molecule has 3 nitrogen and oxygen atoms in total. The fraction of sp³-hybridized carbons (Fsp3) is 0.182. The maximum Gasteiger partial charge on any atom is 0.572 e. The summed E-state index contributed by atoms with van der Waals surface area (Å²) in [5.74, 6) is 0. The van der Waals surface area contributed by atoms with Crippen molar-refractivity contribution in [2.24, 2.45) is 0 Å². The third kappa shape index (κ3) is 3.99. The highest BCUT2D eigenvalue weighted by Gasteiger charge is 2.58. The molecule has 0 aliphatic heterocycles. The summed E-state index contributed by atoms with van der Waals surface area (Å²) < 4.78 is 69.0. The number of rotatable bonds is 5. The van der Waals surface area contributed by atoms with Crippen molar-refractivity contribution >= 4 is 20.4 Å². The predicted molar refractivity (Wildman–Crippen MR) is 114 cm³/mol. The van der Waals surface area contributed by atoms with Gasteiger partial charge in [0.15, 0.2) is 0 Å². The van der Waals surface area contributed by atoms with Gasteiger partial charge in [-0.25, -0.2) is 0 Å². The Morgan fingerprint density at radius 2 is 1.13 bits per heavy atom. The first-order valence-electron chi connectivity index (χ1n) is 9.06. The predicted octanol–water partition coefficient (Wildman–Crippen LogP) is 6.75. The Balaban J connectivity index is 2.49. The van der Waals surface area contributed by atoms with Crippen LogP contribution in [0.1, 0.15) is 16.7 Å². The molecule has 0 aromatic heterocycles. The van der Waals surface area contributed by atoms with Crippen LogP contribution in [0.3, 0.4) is 0 Å². The van der Waals surface area contributed by atoms with Crippen LogP contribution in [0.15, 0.2) is 87.5 Å². The number of hydrogen-bond acceptors (Lipinski definition) is 2. The Bertz CT molecular complexity index is 1080. The van der Waals surface area contributed by atoms with E-state index in [1.807, 2.05) is 19.1 Å². The van der Waals surface area contributed by atoms with Crippen LogP contribution in [0.5, 0.6) is 0 Å². The first-order valence-corrected chi connectivity index (χ1v) is 12.1. The lowest BCUT2D eigenvalue weighted by atomic mass is 10.1. The van der Waals surface area contributed by atoms with Crippen LogP contribution in [0.2, 0.25) is 0 Å². The van der Waals surface area contributed by atoms with Gasteiger partial charge in [0, 0.05) is 0 Å². The SMILES string of the molecule is Cc1cc(C)c(S([OH+]S(=O)(=O)C(F)(F)F)(c2ccccc2)c2ccccc2)c(C)c1. The molecule has 0 saturated heterocycles. The second kappa shape index (κ2) is 8.09. The first-order chi connectivity index (χ1) is 14.0. The van der Waals surface area contributed by atoms with Gasteiger partial charge in [-0.15, -0.1) is 8.42 Å². The standard InChI is InChI=1S/C22H21F3O3S2/c1-16-14-17(2)21(18(3)15-16)29(19-10-6-4-7-11-19,20-12-8-5-9-13-20)28-30(26,27)22(23,24)25/h4-15H,1-3H3/p+1. The van der Waals surface area contributed by atoms with Crippen LogP contribution in [-0.2, 0) is 10.1 Å². The van der Waals surface area contributed by atoms with E-state index in [-0.39, 0.29) is 0 Å². The van der Waals surface area contributed by atoms with E-state index in [4.69, 9.17) is 0 Å². The van der Waals surface area contributed by atoms with Crippen molar-refractivity contribution in [2.75, 3.05) is 0 Å². The zero-order valence-corrected chi connectivity index (χ0v) is 18.3. The smallest absolute Gasteiger partial charge is 0.255 e. The lowest BCUT2D eigenvalue weighted by Crippen LogP contribution is -2.31. The molecule has 0 aliphatic carbocycles. The van der Waals surface area contributed by atoms with Gasteiger partial charge in [0.1, 0.15) is 0 Å². The molecule has 0 saturated carbocycles. The third-order valence-electron chi connectivity index (χ3n) is 4.57.